The standard InChI is InChI=1S/C9H19.C3H4O4.Li/c1-3-5-7-9-8-6-4-2;4-2(5)1-3(6)7;/h3H,4-9H2,1-2H3;1H2,(H,4,5)(H,6,7);/q-1;;+1. The molecule has 0 bridgehead atoms. The van der Waals surface area contributed by atoms with Crippen LogP contribution in [0, 0.1) is 6.42 Å². The van der Waals surface area contributed by atoms with Gasteiger partial charge in [0.05, 0.1) is 0 Å². The first kappa shape index (κ1) is 21.8. The van der Waals surface area contributed by atoms with Crippen LogP contribution in [0.15, 0.2) is 0 Å². The molecule has 0 saturated heterocycles. The number of carboxylic acids is 2. The summed E-state index contributed by atoms with van der Waals surface area (Å²) in [5.74, 6) is -2.62. The van der Waals surface area contributed by atoms with Gasteiger partial charge in [-0.15, -0.1) is 0 Å². The Morgan fingerprint density at radius 2 is 1.47 bits per heavy atom. The van der Waals surface area contributed by atoms with E-state index in [0.717, 1.165) is 0 Å². The fourth-order valence-corrected chi connectivity index (χ4v) is 1.08. The predicted molar refractivity (Wildman–Crippen MR) is 63.2 cm³/mol. The van der Waals surface area contributed by atoms with Crippen molar-refractivity contribution in [2.45, 2.75) is 58.8 Å². The van der Waals surface area contributed by atoms with E-state index in [1.54, 1.807) is 0 Å². The van der Waals surface area contributed by atoms with Crippen LogP contribution in [0.1, 0.15) is 58.8 Å². The summed E-state index contributed by atoms with van der Waals surface area (Å²) in [6.07, 6.45) is 9.80. The molecule has 0 rings (SSSR count). The smallest absolute Gasteiger partial charge is 0.481 e. The third-order valence-electron chi connectivity index (χ3n) is 1.90. The van der Waals surface area contributed by atoms with Gasteiger partial charge in [0.2, 0.25) is 0 Å². The van der Waals surface area contributed by atoms with E-state index >= 15 is 0 Å². The van der Waals surface area contributed by atoms with E-state index in [0.29, 0.717) is 0 Å². The fraction of sp³-hybridized carbons (Fsp3) is 0.750. The van der Waals surface area contributed by atoms with E-state index in [2.05, 4.69) is 20.3 Å². The second kappa shape index (κ2) is 17.9. The Labute approximate surface area is 116 Å². The van der Waals surface area contributed by atoms with Gasteiger partial charge >= 0.3 is 30.8 Å². The molecule has 0 saturated carbocycles. The van der Waals surface area contributed by atoms with Crippen molar-refractivity contribution < 1.29 is 38.7 Å². The zero-order valence-corrected chi connectivity index (χ0v) is 11.2. The van der Waals surface area contributed by atoms with Gasteiger partial charge in [0.25, 0.3) is 0 Å². The maximum atomic E-state index is 9.43. The molecule has 0 aliphatic heterocycles. The number of carboxylic acid groups (broad SMARTS) is 2. The molecular formula is C12H23LiO4. The molecule has 0 aromatic carbocycles. The first-order valence-electron chi connectivity index (χ1n) is 5.76. The summed E-state index contributed by atoms with van der Waals surface area (Å²) < 4.78 is 0. The molecule has 4 nitrogen and oxygen atoms in total. The number of unbranched alkanes of at least 4 members (excludes halogenated alkanes) is 6. The van der Waals surface area contributed by atoms with E-state index in [4.69, 9.17) is 10.2 Å². The van der Waals surface area contributed by atoms with Crippen molar-refractivity contribution in [1.29, 1.82) is 0 Å². The summed E-state index contributed by atoms with van der Waals surface area (Å²) in [6, 6.07) is 0. The minimum atomic E-state index is -1.31. The number of rotatable bonds is 8. The second-order valence-corrected chi connectivity index (χ2v) is 3.58. The summed E-state index contributed by atoms with van der Waals surface area (Å²) in [5.41, 5.74) is 0. The zero-order chi connectivity index (χ0) is 12.8. The first-order chi connectivity index (χ1) is 7.54. The van der Waals surface area contributed by atoms with Gasteiger partial charge in [-0.2, -0.15) is 13.3 Å². The van der Waals surface area contributed by atoms with Crippen molar-refractivity contribution in [2.24, 2.45) is 0 Å². The number of aliphatic carboxylic acids is 2. The van der Waals surface area contributed by atoms with Crippen LogP contribution >= 0.6 is 0 Å². The van der Waals surface area contributed by atoms with Crippen LogP contribution in [-0.2, 0) is 9.59 Å². The SMILES string of the molecule is C[CH-]CCCCCCC.O=C(O)CC(=O)O.[Li+]. The molecule has 0 unspecified atom stereocenters. The topological polar surface area (TPSA) is 74.6 Å². The van der Waals surface area contributed by atoms with Gasteiger partial charge in [0, 0.05) is 0 Å². The summed E-state index contributed by atoms with van der Waals surface area (Å²) in [6.45, 7) is 4.39. The van der Waals surface area contributed by atoms with Crippen LogP contribution in [0.25, 0.3) is 0 Å². The van der Waals surface area contributed by atoms with Crippen LogP contribution in [0.4, 0.5) is 0 Å². The van der Waals surface area contributed by atoms with Crippen molar-refractivity contribution in [3.8, 4) is 0 Å². The Morgan fingerprint density at radius 1 is 1.00 bits per heavy atom. The Balaban J connectivity index is -0.000000224. The van der Waals surface area contributed by atoms with Gasteiger partial charge in [0.1, 0.15) is 6.42 Å². The molecule has 0 heterocycles. The van der Waals surface area contributed by atoms with Gasteiger partial charge in [-0.05, 0) is 0 Å². The molecule has 0 atom stereocenters. The second-order valence-electron chi connectivity index (χ2n) is 3.58. The molecule has 96 valence electrons. The fourth-order valence-electron chi connectivity index (χ4n) is 1.08. The summed E-state index contributed by atoms with van der Waals surface area (Å²) in [5, 5.41) is 15.4. The molecular weight excluding hydrogens is 215 g/mol. The molecule has 0 radical (unpaired) electrons. The van der Waals surface area contributed by atoms with Crippen LogP contribution in [0.5, 0.6) is 0 Å². The van der Waals surface area contributed by atoms with Crippen molar-refractivity contribution >= 4 is 11.9 Å². The predicted octanol–water partition coefficient (Wildman–Crippen LogP) is 0.121. The van der Waals surface area contributed by atoms with Crippen LogP contribution < -0.4 is 18.9 Å². The largest absolute Gasteiger partial charge is 1.00 e. The summed E-state index contributed by atoms with van der Waals surface area (Å²) in [7, 11) is 0. The average molecular weight is 238 g/mol. The van der Waals surface area contributed by atoms with Crippen LogP contribution in [-0.4, -0.2) is 22.2 Å². The van der Waals surface area contributed by atoms with Crippen molar-refractivity contribution in [1.82, 2.24) is 0 Å². The van der Waals surface area contributed by atoms with E-state index in [1.807, 2.05) is 0 Å². The summed E-state index contributed by atoms with van der Waals surface area (Å²) >= 11 is 0. The van der Waals surface area contributed by atoms with E-state index < -0.39 is 18.4 Å². The first-order valence-corrected chi connectivity index (χ1v) is 5.76. The quantitative estimate of drug-likeness (QED) is 0.272. The minimum Gasteiger partial charge on any atom is -0.481 e. The Morgan fingerprint density at radius 3 is 1.76 bits per heavy atom. The molecule has 0 fully saturated rings. The average Bonchev–Trinajstić information content (AvgIpc) is 2.16. The van der Waals surface area contributed by atoms with Crippen LogP contribution in [0.2, 0.25) is 0 Å². The van der Waals surface area contributed by atoms with Crippen molar-refractivity contribution in [3.63, 3.8) is 0 Å². The van der Waals surface area contributed by atoms with Gasteiger partial charge < -0.3 is 16.6 Å². The Kier molecular flexibility index (Phi) is 23.0. The maximum absolute atomic E-state index is 9.43. The van der Waals surface area contributed by atoms with Gasteiger partial charge in [-0.1, -0.05) is 39.0 Å². The third kappa shape index (κ3) is 31.3. The molecule has 2 N–H and O–H groups in total. The molecule has 17 heavy (non-hydrogen) atoms. The molecule has 0 aromatic heterocycles. The molecule has 0 spiro atoms. The normalized spacial score (nSPS) is 8.59. The monoisotopic (exact) mass is 238 g/mol. The van der Waals surface area contributed by atoms with E-state index in [1.165, 1.54) is 38.5 Å². The number of hydrogen-bond acceptors (Lipinski definition) is 2. The molecule has 0 amide bonds. The van der Waals surface area contributed by atoms with E-state index in [-0.39, 0.29) is 18.9 Å². The molecule has 5 heteroatoms. The van der Waals surface area contributed by atoms with Crippen molar-refractivity contribution in [3.05, 3.63) is 6.42 Å². The minimum absolute atomic E-state index is 0. The third-order valence-corrected chi connectivity index (χ3v) is 1.90. The Bertz CT molecular complexity index is 165. The number of carbonyl (C=O) groups is 2. The molecule has 0 aliphatic rings. The zero-order valence-electron chi connectivity index (χ0n) is 11.2. The number of hydrogen-bond donors (Lipinski definition) is 2. The van der Waals surface area contributed by atoms with Crippen LogP contribution in [0.3, 0.4) is 0 Å². The van der Waals surface area contributed by atoms with Gasteiger partial charge in [-0.25, -0.2) is 0 Å². The Hall–Kier alpha value is -0.463. The molecule has 0 aromatic rings. The molecule has 0 aliphatic carbocycles. The van der Waals surface area contributed by atoms with Gasteiger partial charge in [0.15, 0.2) is 0 Å². The van der Waals surface area contributed by atoms with Gasteiger partial charge in [-0.3, -0.25) is 9.59 Å². The summed E-state index contributed by atoms with van der Waals surface area (Å²) in [4.78, 5) is 18.9. The maximum Gasteiger partial charge on any atom is 1.00 e. The van der Waals surface area contributed by atoms with E-state index in [9.17, 15) is 9.59 Å². The van der Waals surface area contributed by atoms with Crippen molar-refractivity contribution in [2.75, 3.05) is 0 Å².